The van der Waals surface area contributed by atoms with Crippen molar-refractivity contribution in [2.45, 2.75) is 40.0 Å². The molecule has 6 nitrogen and oxygen atoms in total. The zero-order valence-electron chi connectivity index (χ0n) is 10.4. The minimum absolute atomic E-state index is 0.176. The van der Waals surface area contributed by atoms with Gasteiger partial charge in [0.05, 0.1) is 0 Å². The summed E-state index contributed by atoms with van der Waals surface area (Å²) >= 11 is 0. The van der Waals surface area contributed by atoms with Crippen LogP contribution in [-0.4, -0.2) is 33.2 Å². The molecule has 0 radical (unpaired) electrons. The number of carbonyl (C=O) groups is 3. The second-order valence-electron chi connectivity index (χ2n) is 2.98. The van der Waals surface area contributed by atoms with Crippen molar-refractivity contribution in [1.29, 1.82) is 0 Å². The molecule has 0 aromatic carbocycles. The SMILES string of the molecule is C=C(C)C(=O)O.CCC(=O)O.CCCC(=O)O. The molecule has 0 aliphatic carbocycles. The predicted molar refractivity (Wildman–Crippen MR) is 62.9 cm³/mol. The Morgan fingerprint density at radius 1 is 1.00 bits per heavy atom. The Kier molecular flexibility index (Phi) is 17.1. The zero-order valence-corrected chi connectivity index (χ0v) is 10.4. The Bertz CT molecular complexity index is 245. The Labute approximate surface area is 101 Å². The highest BCUT2D eigenvalue weighted by Crippen LogP contribution is 1.82. The van der Waals surface area contributed by atoms with Crippen LogP contribution in [-0.2, 0) is 14.4 Å². The van der Waals surface area contributed by atoms with E-state index in [1.807, 2.05) is 6.92 Å². The molecule has 0 rings (SSSR count). The molecule has 17 heavy (non-hydrogen) atoms. The van der Waals surface area contributed by atoms with Crippen LogP contribution in [0.4, 0.5) is 0 Å². The van der Waals surface area contributed by atoms with Crippen LogP contribution < -0.4 is 0 Å². The average Bonchev–Trinajstić information content (AvgIpc) is 2.19. The quantitative estimate of drug-likeness (QED) is 0.656. The first-order valence-electron chi connectivity index (χ1n) is 5.01. The Morgan fingerprint density at radius 2 is 1.29 bits per heavy atom. The van der Waals surface area contributed by atoms with E-state index in [0.29, 0.717) is 6.42 Å². The molecule has 0 aliphatic heterocycles. The molecule has 0 fully saturated rings. The predicted octanol–water partition coefficient (Wildman–Crippen LogP) is 2.00. The first-order chi connectivity index (χ1) is 7.68. The van der Waals surface area contributed by atoms with E-state index in [-0.39, 0.29) is 12.0 Å². The van der Waals surface area contributed by atoms with Gasteiger partial charge in [0.2, 0.25) is 0 Å². The second-order valence-corrected chi connectivity index (χ2v) is 2.98. The van der Waals surface area contributed by atoms with Crippen molar-refractivity contribution >= 4 is 17.9 Å². The Hall–Kier alpha value is -1.85. The van der Waals surface area contributed by atoms with Crippen molar-refractivity contribution in [1.82, 2.24) is 0 Å². The highest BCUT2D eigenvalue weighted by molar-refractivity contribution is 5.84. The summed E-state index contributed by atoms with van der Waals surface area (Å²) in [6.07, 6.45) is 1.25. The smallest absolute Gasteiger partial charge is 0.330 e. The van der Waals surface area contributed by atoms with E-state index >= 15 is 0 Å². The largest absolute Gasteiger partial charge is 0.481 e. The average molecular weight is 248 g/mol. The third-order valence-electron chi connectivity index (χ3n) is 1.13. The van der Waals surface area contributed by atoms with Crippen LogP contribution in [0.25, 0.3) is 0 Å². The van der Waals surface area contributed by atoms with Crippen LogP contribution in [0.15, 0.2) is 12.2 Å². The fraction of sp³-hybridized carbons (Fsp3) is 0.545. The first-order valence-corrected chi connectivity index (χ1v) is 5.01. The lowest BCUT2D eigenvalue weighted by Gasteiger charge is -1.79. The first kappa shape index (κ1) is 20.5. The lowest BCUT2D eigenvalue weighted by molar-refractivity contribution is -0.137. The lowest BCUT2D eigenvalue weighted by Crippen LogP contribution is -1.92. The van der Waals surface area contributed by atoms with Gasteiger partial charge in [0.1, 0.15) is 0 Å². The number of carboxylic acids is 3. The van der Waals surface area contributed by atoms with Gasteiger partial charge in [-0.2, -0.15) is 0 Å². The maximum atomic E-state index is 9.60. The van der Waals surface area contributed by atoms with Crippen molar-refractivity contribution < 1.29 is 29.7 Å². The summed E-state index contributed by atoms with van der Waals surface area (Å²) in [5.74, 6) is -2.39. The fourth-order valence-electron chi connectivity index (χ4n) is 0.214. The summed E-state index contributed by atoms with van der Waals surface area (Å²) < 4.78 is 0. The molecule has 0 bridgehead atoms. The van der Waals surface area contributed by atoms with E-state index in [2.05, 4.69) is 6.58 Å². The van der Waals surface area contributed by atoms with Crippen LogP contribution in [0.5, 0.6) is 0 Å². The standard InChI is InChI=1S/C4H6O2.C4H8O2.C3H6O2/c1-3(2)4(5)6;1-2-3-4(5)6;1-2-3(4)5/h1H2,2H3,(H,5,6);2-3H2,1H3,(H,5,6);2H2,1H3,(H,4,5). The highest BCUT2D eigenvalue weighted by atomic mass is 16.4. The van der Waals surface area contributed by atoms with E-state index in [4.69, 9.17) is 15.3 Å². The van der Waals surface area contributed by atoms with Gasteiger partial charge in [-0.3, -0.25) is 9.59 Å². The summed E-state index contributed by atoms with van der Waals surface area (Å²) in [6, 6.07) is 0. The molecule has 0 aliphatic rings. The summed E-state index contributed by atoms with van der Waals surface area (Å²) in [5, 5.41) is 23.5. The maximum Gasteiger partial charge on any atom is 0.330 e. The molecule has 0 saturated heterocycles. The minimum Gasteiger partial charge on any atom is -0.481 e. The van der Waals surface area contributed by atoms with Crippen molar-refractivity contribution in [3.8, 4) is 0 Å². The maximum absolute atomic E-state index is 9.60. The molecule has 0 aromatic rings. The fourth-order valence-corrected chi connectivity index (χ4v) is 0.214. The molecule has 0 spiro atoms. The van der Waals surface area contributed by atoms with Gasteiger partial charge >= 0.3 is 17.9 Å². The van der Waals surface area contributed by atoms with Gasteiger partial charge in [-0.05, 0) is 13.3 Å². The van der Waals surface area contributed by atoms with E-state index in [0.717, 1.165) is 6.42 Å². The van der Waals surface area contributed by atoms with Crippen LogP contribution in [0.3, 0.4) is 0 Å². The van der Waals surface area contributed by atoms with Crippen LogP contribution in [0.2, 0.25) is 0 Å². The molecule has 6 heteroatoms. The molecular formula is C11H20O6. The minimum atomic E-state index is -0.935. The molecular weight excluding hydrogens is 228 g/mol. The second kappa shape index (κ2) is 14.2. The number of hydrogen-bond acceptors (Lipinski definition) is 3. The highest BCUT2D eigenvalue weighted by Gasteiger charge is 1.90. The Morgan fingerprint density at radius 3 is 1.29 bits per heavy atom. The van der Waals surface area contributed by atoms with Gasteiger partial charge in [0.25, 0.3) is 0 Å². The summed E-state index contributed by atoms with van der Waals surface area (Å²) in [7, 11) is 0. The third-order valence-corrected chi connectivity index (χ3v) is 1.13. The topological polar surface area (TPSA) is 112 Å². The van der Waals surface area contributed by atoms with Gasteiger partial charge < -0.3 is 15.3 Å². The van der Waals surface area contributed by atoms with Crippen molar-refractivity contribution in [3.05, 3.63) is 12.2 Å². The zero-order chi connectivity index (χ0) is 14.4. The Balaban J connectivity index is -0.000000174. The van der Waals surface area contributed by atoms with Crippen LogP contribution in [0.1, 0.15) is 40.0 Å². The van der Waals surface area contributed by atoms with Crippen molar-refractivity contribution in [2.24, 2.45) is 0 Å². The monoisotopic (exact) mass is 248 g/mol. The van der Waals surface area contributed by atoms with E-state index in [9.17, 15) is 14.4 Å². The van der Waals surface area contributed by atoms with E-state index in [1.54, 1.807) is 6.92 Å². The molecule has 0 atom stereocenters. The number of hydrogen-bond donors (Lipinski definition) is 3. The normalized spacial score (nSPS) is 7.71. The molecule has 0 aromatic heterocycles. The van der Waals surface area contributed by atoms with Crippen molar-refractivity contribution in [2.75, 3.05) is 0 Å². The van der Waals surface area contributed by atoms with Crippen molar-refractivity contribution in [3.63, 3.8) is 0 Å². The number of rotatable bonds is 4. The molecule has 0 unspecified atom stereocenters. The molecule has 0 heterocycles. The summed E-state index contributed by atoms with van der Waals surface area (Å²) in [6.45, 7) is 8.04. The van der Waals surface area contributed by atoms with Gasteiger partial charge in [-0.15, -0.1) is 0 Å². The number of aliphatic carboxylic acids is 3. The molecule has 3 N–H and O–H groups in total. The van der Waals surface area contributed by atoms with E-state index < -0.39 is 17.9 Å². The van der Waals surface area contributed by atoms with E-state index in [1.165, 1.54) is 6.92 Å². The summed E-state index contributed by atoms with van der Waals surface area (Å²) in [4.78, 5) is 28.6. The van der Waals surface area contributed by atoms with Gasteiger partial charge in [0, 0.05) is 18.4 Å². The molecule has 100 valence electrons. The van der Waals surface area contributed by atoms with Crippen LogP contribution >= 0.6 is 0 Å². The van der Waals surface area contributed by atoms with Gasteiger partial charge in [0.15, 0.2) is 0 Å². The van der Waals surface area contributed by atoms with Gasteiger partial charge in [-0.1, -0.05) is 20.4 Å². The third kappa shape index (κ3) is 40.9. The summed E-state index contributed by atoms with van der Waals surface area (Å²) in [5.41, 5.74) is 0.176. The van der Waals surface area contributed by atoms with Crippen LogP contribution in [0, 0.1) is 0 Å². The molecule has 0 amide bonds. The molecule has 0 saturated carbocycles. The van der Waals surface area contributed by atoms with Gasteiger partial charge in [-0.25, -0.2) is 4.79 Å². The number of carboxylic acid groups (broad SMARTS) is 3. The lowest BCUT2D eigenvalue weighted by atomic mass is 10.4.